The summed E-state index contributed by atoms with van der Waals surface area (Å²) in [6.45, 7) is 3.56. The Labute approximate surface area is 339 Å². The maximum Gasteiger partial charge on any atom is 0.413 e. The lowest BCUT2D eigenvalue weighted by molar-refractivity contribution is -0.148. The lowest BCUT2D eigenvalue weighted by atomic mass is 9.58. The first-order valence-electron chi connectivity index (χ1n) is 18.7. The molecule has 0 aliphatic heterocycles. The zero-order valence-electron chi connectivity index (χ0n) is 33.9. The SMILES string of the molecule is CN(C)c1cc(NC(=O)CN(C(=O)OCOC(=O)c2cn(C)c3ccccc23)C(C)(C)C)c(O)c2c1C[C@H]1C[C@H]3[C@H](N(C)C)C(O)=C(C(N)=O)C(=O)[C@@]3(O)C(O)=C1C2=O. The topological polar surface area (TPSA) is 254 Å². The van der Waals surface area contributed by atoms with Crippen LogP contribution in [0, 0.1) is 11.8 Å². The van der Waals surface area contributed by atoms with Gasteiger partial charge in [0.1, 0.15) is 23.6 Å². The number of fused-ring (bicyclic) bond motifs is 4. The minimum Gasteiger partial charge on any atom is -0.510 e. The number of esters is 1. The number of aromatic nitrogens is 1. The van der Waals surface area contributed by atoms with Gasteiger partial charge in [0, 0.05) is 61.0 Å². The van der Waals surface area contributed by atoms with Gasteiger partial charge in [-0.05, 0) is 71.3 Å². The molecule has 0 spiro atoms. The van der Waals surface area contributed by atoms with E-state index < -0.39 is 101 Å². The number of likely N-dealkylation sites (N-methyl/N-ethyl adjacent to an activating group) is 1. The van der Waals surface area contributed by atoms with Gasteiger partial charge in [0.2, 0.25) is 18.5 Å². The number of nitrogens with one attached hydrogen (secondary N) is 1. The number of phenolic OH excluding ortho intramolecular Hbond substituents is 1. The largest absolute Gasteiger partial charge is 0.510 e. The van der Waals surface area contributed by atoms with E-state index in [0.29, 0.717) is 16.6 Å². The number of aliphatic hydroxyl groups is 3. The number of para-hydroxylation sites is 1. The molecule has 3 amide bonds. The number of carbonyl (C=O) groups excluding carboxylic acids is 6. The van der Waals surface area contributed by atoms with Crippen LogP contribution in [0.5, 0.6) is 5.75 Å². The third-order valence-electron chi connectivity index (χ3n) is 11.3. The summed E-state index contributed by atoms with van der Waals surface area (Å²) in [4.78, 5) is 84.4. The highest BCUT2D eigenvalue weighted by molar-refractivity contribution is 6.25. The Bertz CT molecular complexity index is 2390. The number of phenols is 1. The molecule has 314 valence electrons. The highest BCUT2D eigenvalue weighted by Gasteiger charge is 2.63. The normalized spacial score (nSPS) is 21.5. The molecule has 7 N–H and O–H groups in total. The number of aromatic hydroxyl groups is 1. The average Bonchev–Trinajstić information content (AvgIpc) is 3.48. The highest BCUT2D eigenvalue weighted by atomic mass is 16.7. The summed E-state index contributed by atoms with van der Waals surface area (Å²) in [6.07, 6.45) is 0.536. The number of aryl methyl sites for hydroxylation is 1. The summed E-state index contributed by atoms with van der Waals surface area (Å²) in [5.74, 6) is -9.56. The maximum atomic E-state index is 14.4. The second kappa shape index (κ2) is 15.1. The number of ether oxygens (including phenoxy) is 2. The third kappa shape index (κ3) is 7.01. The quantitative estimate of drug-likeness (QED) is 0.0786. The fourth-order valence-corrected chi connectivity index (χ4v) is 8.50. The molecule has 0 fully saturated rings. The Kier molecular flexibility index (Phi) is 10.8. The number of ketones is 2. The smallest absolute Gasteiger partial charge is 0.413 e. The van der Waals surface area contributed by atoms with Crippen molar-refractivity contribution < 1.29 is 58.7 Å². The molecular weight excluding hydrogens is 768 g/mol. The summed E-state index contributed by atoms with van der Waals surface area (Å²) in [7, 11) is 8.20. The maximum absolute atomic E-state index is 14.4. The number of anilines is 2. The number of rotatable bonds is 9. The van der Waals surface area contributed by atoms with E-state index in [4.69, 9.17) is 15.2 Å². The number of hydrogen-bond donors (Lipinski definition) is 6. The predicted molar refractivity (Wildman–Crippen MR) is 213 cm³/mol. The molecule has 6 rings (SSSR count). The van der Waals surface area contributed by atoms with Gasteiger partial charge in [-0.2, -0.15) is 0 Å². The van der Waals surface area contributed by atoms with Gasteiger partial charge in [0.25, 0.3) is 5.91 Å². The number of nitrogens with two attached hydrogens (primary N) is 1. The molecule has 18 nitrogen and oxygen atoms in total. The zero-order chi connectivity index (χ0) is 43.6. The molecule has 0 bridgehead atoms. The highest BCUT2D eigenvalue weighted by Crippen LogP contribution is 2.54. The Balaban J connectivity index is 1.26. The van der Waals surface area contributed by atoms with Crippen molar-refractivity contribution in [3.05, 3.63) is 75.9 Å². The number of amides is 3. The van der Waals surface area contributed by atoms with Gasteiger partial charge in [-0.15, -0.1) is 0 Å². The summed E-state index contributed by atoms with van der Waals surface area (Å²) in [5.41, 5.74) is 1.60. The van der Waals surface area contributed by atoms with Gasteiger partial charge in [0.05, 0.1) is 22.9 Å². The number of carbonyl (C=O) groups is 6. The van der Waals surface area contributed by atoms with Crippen LogP contribution in [0.1, 0.15) is 53.5 Å². The molecular formula is C41H48N6O12. The number of benzene rings is 2. The Morgan fingerprint density at radius 3 is 2.31 bits per heavy atom. The van der Waals surface area contributed by atoms with Crippen LogP contribution < -0.4 is 16.0 Å². The average molecular weight is 817 g/mol. The standard InChI is InChI=1S/C41H48N6O12/c1-40(2,3)47(39(56)59-18-58-38(55)22-16-46(8)25-12-10-9-11-20(22)25)17-27(48)43-24-15-26(44(4)5)21-13-19-14-23-31(45(6)7)34(51)30(37(42)54)36(53)41(23,57)35(52)28(19)33(50)29(21)32(24)49/h9-12,15-16,19,23,31,49,51-52,57H,13-14,17-18H2,1-8H3,(H2,42,54)(H,43,48)/t19-,23-,31-,41-/m0/s1. The molecule has 1 heterocycles. The summed E-state index contributed by atoms with van der Waals surface area (Å²) in [5, 5.41) is 49.5. The zero-order valence-corrected chi connectivity index (χ0v) is 33.9. The molecule has 0 unspecified atom stereocenters. The lowest BCUT2D eigenvalue weighted by Gasteiger charge is -2.50. The molecule has 4 atom stereocenters. The van der Waals surface area contributed by atoms with Gasteiger partial charge in [-0.25, -0.2) is 9.59 Å². The van der Waals surface area contributed by atoms with Gasteiger partial charge in [-0.3, -0.25) is 29.0 Å². The summed E-state index contributed by atoms with van der Waals surface area (Å²) in [6, 6.07) is 7.50. The Hall–Kier alpha value is -6.40. The van der Waals surface area contributed by atoms with Crippen molar-refractivity contribution in [1.82, 2.24) is 14.4 Å². The van der Waals surface area contributed by atoms with Crippen LogP contribution >= 0.6 is 0 Å². The molecule has 3 aliphatic rings. The fraction of sp³-hybridized carbons (Fsp3) is 0.415. The molecule has 59 heavy (non-hydrogen) atoms. The van der Waals surface area contributed by atoms with E-state index in [0.717, 1.165) is 10.4 Å². The van der Waals surface area contributed by atoms with Crippen LogP contribution in [0.3, 0.4) is 0 Å². The molecule has 0 saturated heterocycles. The van der Waals surface area contributed by atoms with Crippen LogP contribution in [-0.2, 0) is 37.3 Å². The van der Waals surface area contributed by atoms with Crippen molar-refractivity contribution in [3.63, 3.8) is 0 Å². The molecule has 0 saturated carbocycles. The molecule has 3 aromatic rings. The number of aliphatic hydroxyl groups excluding tert-OH is 2. The minimum atomic E-state index is -2.82. The lowest BCUT2D eigenvalue weighted by Crippen LogP contribution is -2.63. The molecule has 18 heteroatoms. The first kappa shape index (κ1) is 42.2. The first-order chi connectivity index (χ1) is 27.5. The van der Waals surface area contributed by atoms with E-state index in [9.17, 15) is 49.2 Å². The Morgan fingerprint density at radius 2 is 1.69 bits per heavy atom. The second-order valence-corrected chi connectivity index (χ2v) is 16.4. The molecule has 1 aromatic heterocycles. The molecule has 0 radical (unpaired) electrons. The van der Waals surface area contributed by atoms with Crippen molar-refractivity contribution >= 4 is 57.7 Å². The molecule has 3 aliphatic carbocycles. The van der Waals surface area contributed by atoms with Crippen LogP contribution in [0.4, 0.5) is 16.2 Å². The van der Waals surface area contributed by atoms with E-state index in [2.05, 4.69) is 5.32 Å². The minimum absolute atomic E-state index is 0.0263. The number of primary amides is 1. The summed E-state index contributed by atoms with van der Waals surface area (Å²) >= 11 is 0. The van der Waals surface area contributed by atoms with Crippen molar-refractivity contribution in [2.45, 2.75) is 50.8 Å². The van der Waals surface area contributed by atoms with E-state index >= 15 is 0 Å². The fourth-order valence-electron chi connectivity index (χ4n) is 8.50. The van der Waals surface area contributed by atoms with Crippen LogP contribution in [0.15, 0.2) is 59.2 Å². The van der Waals surface area contributed by atoms with E-state index in [1.54, 1.807) is 83.8 Å². The van der Waals surface area contributed by atoms with E-state index in [1.165, 1.54) is 11.0 Å². The molecule has 2 aromatic carbocycles. The number of allylic oxidation sites excluding steroid dienone is 1. The van der Waals surface area contributed by atoms with Crippen LogP contribution in [0.2, 0.25) is 0 Å². The van der Waals surface area contributed by atoms with E-state index in [1.807, 2.05) is 12.1 Å². The Morgan fingerprint density at radius 1 is 1.03 bits per heavy atom. The van der Waals surface area contributed by atoms with Crippen molar-refractivity contribution in [2.24, 2.45) is 24.6 Å². The van der Waals surface area contributed by atoms with Crippen LogP contribution in [0.25, 0.3) is 10.9 Å². The van der Waals surface area contributed by atoms with Crippen molar-refractivity contribution in [2.75, 3.05) is 51.7 Å². The van der Waals surface area contributed by atoms with Gasteiger partial charge in [0.15, 0.2) is 17.1 Å². The monoisotopic (exact) mass is 816 g/mol. The predicted octanol–water partition coefficient (Wildman–Crippen LogP) is 2.67. The van der Waals surface area contributed by atoms with E-state index in [-0.39, 0.29) is 35.2 Å². The van der Waals surface area contributed by atoms with Crippen LogP contribution in [-0.4, -0.2) is 129 Å². The number of hydrogen-bond acceptors (Lipinski definition) is 14. The van der Waals surface area contributed by atoms with Gasteiger partial charge in [-0.1, -0.05) is 18.2 Å². The number of Topliss-reactive ketones (excluding diaryl/α,β-unsaturated/α-hetero) is 2. The second-order valence-electron chi connectivity index (χ2n) is 16.4. The van der Waals surface area contributed by atoms with Crippen molar-refractivity contribution in [3.8, 4) is 5.75 Å². The van der Waals surface area contributed by atoms with Crippen molar-refractivity contribution in [1.29, 1.82) is 0 Å². The summed E-state index contributed by atoms with van der Waals surface area (Å²) < 4.78 is 12.2. The number of nitrogens with zero attached hydrogens (tertiary/aromatic N) is 4. The van der Waals surface area contributed by atoms with Gasteiger partial charge < -0.3 is 50.4 Å². The first-order valence-corrected chi connectivity index (χ1v) is 18.7. The van der Waals surface area contributed by atoms with Gasteiger partial charge >= 0.3 is 12.1 Å². The third-order valence-corrected chi connectivity index (χ3v) is 11.3.